The summed E-state index contributed by atoms with van der Waals surface area (Å²) in [7, 11) is 0. The van der Waals surface area contributed by atoms with E-state index in [0.717, 1.165) is 39.3 Å². The zero-order valence-electron chi connectivity index (χ0n) is 7.60. The molecule has 2 N–H and O–H groups in total. The summed E-state index contributed by atoms with van der Waals surface area (Å²) in [6.45, 7) is 7.63. The summed E-state index contributed by atoms with van der Waals surface area (Å²) in [5.41, 5.74) is 0. The van der Waals surface area contributed by atoms with Crippen LogP contribution in [0.3, 0.4) is 0 Å². The molecule has 12 heavy (non-hydrogen) atoms. The molecule has 0 saturated carbocycles. The molecule has 1 saturated heterocycles. The Bertz CT molecular complexity index is 143. The zero-order valence-corrected chi connectivity index (χ0v) is 7.60. The fourth-order valence-electron chi connectivity index (χ4n) is 1.32. The van der Waals surface area contributed by atoms with E-state index in [-0.39, 0.29) is 5.91 Å². The van der Waals surface area contributed by atoms with Crippen LogP contribution in [0.5, 0.6) is 0 Å². The Morgan fingerprint density at radius 1 is 1.50 bits per heavy atom. The molecule has 1 aliphatic heterocycles. The van der Waals surface area contributed by atoms with Gasteiger partial charge in [0.1, 0.15) is 0 Å². The van der Waals surface area contributed by atoms with Crippen LogP contribution in [0.1, 0.15) is 6.92 Å². The number of amides is 1. The first-order valence-corrected chi connectivity index (χ1v) is 4.46. The summed E-state index contributed by atoms with van der Waals surface area (Å²) in [5.74, 6) is 0.0603. The summed E-state index contributed by atoms with van der Waals surface area (Å²) in [5, 5.41) is 6.08. The molecule has 0 aromatic heterocycles. The van der Waals surface area contributed by atoms with Crippen LogP contribution in [0.2, 0.25) is 0 Å². The van der Waals surface area contributed by atoms with Crippen molar-refractivity contribution in [3.63, 3.8) is 0 Å². The normalized spacial score (nSPS) is 19.1. The second-order valence-electron chi connectivity index (χ2n) is 3.07. The third-order valence-electron chi connectivity index (χ3n) is 2.01. The SMILES string of the molecule is CC(=O)NCCN1CCNCC1. The van der Waals surface area contributed by atoms with Gasteiger partial charge in [-0.1, -0.05) is 0 Å². The van der Waals surface area contributed by atoms with Gasteiger partial charge in [0, 0.05) is 46.2 Å². The monoisotopic (exact) mass is 171 g/mol. The van der Waals surface area contributed by atoms with Gasteiger partial charge in [-0.3, -0.25) is 9.69 Å². The molecule has 0 atom stereocenters. The smallest absolute Gasteiger partial charge is 0.216 e. The van der Waals surface area contributed by atoms with Gasteiger partial charge in [0.15, 0.2) is 0 Å². The summed E-state index contributed by atoms with van der Waals surface area (Å²) in [4.78, 5) is 12.9. The number of nitrogens with one attached hydrogen (secondary N) is 2. The van der Waals surface area contributed by atoms with Crippen molar-refractivity contribution < 1.29 is 4.79 Å². The van der Waals surface area contributed by atoms with Crippen molar-refractivity contribution in [2.45, 2.75) is 6.92 Å². The van der Waals surface area contributed by atoms with Gasteiger partial charge in [0.2, 0.25) is 5.91 Å². The quantitative estimate of drug-likeness (QED) is 0.574. The van der Waals surface area contributed by atoms with E-state index in [1.165, 1.54) is 0 Å². The van der Waals surface area contributed by atoms with E-state index >= 15 is 0 Å². The predicted molar refractivity (Wildman–Crippen MR) is 48.0 cm³/mol. The first kappa shape index (κ1) is 9.48. The molecule has 4 heteroatoms. The van der Waals surface area contributed by atoms with Crippen molar-refractivity contribution in [1.82, 2.24) is 15.5 Å². The maximum atomic E-state index is 10.5. The minimum absolute atomic E-state index is 0.0603. The first-order valence-electron chi connectivity index (χ1n) is 4.46. The van der Waals surface area contributed by atoms with Crippen LogP contribution in [0.15, 0.2) is 0 Å². The topological polar surface area (TPSA) is 44.4 Å². The maximum absolute atomic E-state index is 10.5. The lowest BCUT2D eigenvalue weighted by molar-refractivity contribution is -0.119. The number of nitrogens with zero attached hydrogens (tertiary/aromatic N) is 1. The van der Waals surface area contributed by atoms with E-state index in [4.69, 9.17) is 0 Å². The molecule has 0 spiro atoms. The number of piperazine rings is 1. The lowest BCUT2D eigenvalue weighted by Crippen LogP contribution is -2.46. The second kappa shape index (κ2) is 5.11. The van der Waals surface area contributed by atoms with E-state index < -0.39 is 0 Å². The number of rotatable bonds is 3. The standard InChI is InChI=1S/C8H17N3O/c1-8(12)10-4-7-11-5-2-9-3-6-11/h9H,2-7H2,1H3,(H,10,12). The molecule has 1 fully saturated rings. The third kappa shape index (κ3) is 3.69. The Balaban J connectivity index is 2.01. The molecule has 70 valence electrons. The van der Waals surface area contributed by atoms with Crippen LogP contribution in [-0.2, 0) is 4.79 Å². The minimum Gasteiger partial charge on any atom is -0.355 e. The molecule has 0 unspecified atom stereocenters. The second-order valence-corrected chi connectivity index (χ2v) is 3.07. The maximum Gasteiger partial charge on any atom is 0.216 e. The van der Waals surface area contributed by atoms with Crippen LogP contribution in [0, 0.1) is 0 Å². The molecular formula is C8H17N3O. The van der Waals surface area contributed by atoms with Crippen LogP contribution in [0.4, 0.5) is 0 Å². The van der Waals surface area contributed by atoms with Gasteiger partial charge in [0.05, 0.1) is 0 Å². The minimum atomic E-state index is 0.0603. The Hall–Kier alpha value is -0.610. The third-order valence-corrected chi connectivity index (χ3v) is 2.01. The number of carbonyl (C=O) groups excluding carboxylic acids is 1. The van der Waals surface area contributed by atoms with Crippen LogP contribution in [0.25, 0.3) is 0 Å². The van der Waals surface area contributed by atoms with Gasteiger partial charge in [-0.15, -0.1) is 0 Å². The van der Waals surface area contributed by atoms with Gasteiger partial charge in [-0.25, -0.2) is 0 Å². The van der Waals surface area contributed by atoms with Gasteiger partial charge < -0.3 is 10.6 Å². The van der Waals surface area contributed by atoms with Crippen molar-refractivity contribution in [2.24, 2.45) is 0 Å². The van der Waals surface area contributed by atoms with E-state index in [0.29, 0.717) is 0 Å². The average molecular weight is 171 g/mol. The Morgan fingerprint density at radius 2 is 2.17 bits per heavy atom. The first-order chi connectivity index (χ1) is 5.79. The molecule has 0 radical (unpaired) electrons. The van der Waals surface area contributed by atoms with Crippen LogP contribution < -0.4 is 10.6 Å². The Morgan fingerprint density at radius 3 is 2.75 bits per heavy atom. The van der Waals surface area contributed by atoms with E-state index in [1.54, 1.807) is 6.92 Å². The van der Waals surface area contributed by atoms with Gasteiger partial charge in [-0.05, 0) is 0 Å². The summed E-state index contributed by atoms with van der Waals surface area (Å²) >= 11 is 0. The highest BCUT2D eigenvalue weighted by molar-refractivity contribution is 5.72. The number of hydrogen-bond donors (Lipinski definition) is 2. The number of hydrogen-bond acceptors (Lipinski definition) is 3. The highest BCUT2D eigenvalue weighted by Crippen LogP contribution is 1.89. The van der Waals surface area contributed by atoms with Crippen LogP contribution in [-0.4, -0.2) is 50.1 Å². The number of carbonyl (C=O) groups is 1. The summed E-state index contributed by atoms with van der Waals surface area (Å²) in [6, 6.07) is 0. The molecule has 0 aliphatic carbocycles. The summed E-state index contributed by atoms with van der Waals surface area (Å²) < 4.78 is 0. The summed E-state index contributed by atoms with van der Waals surface area (Å²) in [6.07, 6.45) is 0. The molecular weight excluding hydrogens is 154 g/mol. The van der Waals surface area contributed by atoms with Crippen molar-refractivity contribution in [3.05, 3.63) is 0 Å². The fourth-order valence-corrected chi connectivity index (χ4v) is 1.32. The van der Waals surface area contributed by atoms with Gasteiger partial charge in [0.25, 0.3) is 0 Å². The van der Waals surface area contributed by atoms with Gasteiger partial charge in [-0.2, -0.15) is 0 Å². The van der Waals surface area contributed by atoms with Crippen LogP contribution >= 0.6 is 0 Å². The lowest BCUT2D eigenvalue weighted by atomic mass is 10.3. The van der Waals surface area contributed by atoms with Gasteiger partial charge >= 0.3 is 0 Å². The highest BCUT2D eigenvalue weighted by atomic mass is 16.1. The largest absolute Gasteiger partial charge is 0.355 e. The molecule has 1 amide bonds. The van der Waals surface area contributed by atoms with Crippen molar-refractivity contribution in [1.29, 1.82) is 0 Å². The molecule has 0 aromatic carbocycles. The molecule has 1 rings (SSSR count). The van der Waals surface area contributed by atoms with E-state index in [1.807, 2.05) is 0 Å². The Kier molecular flexibility index (Phi) is 4.04. The molecule has 4 nitrogen and oxygen atoms in total. The molecule has 1 aliphatic rings. The van der Waals surface area contributed by atoms with Crippen molar-refractivity contribution >= 4 is 5.91 Å². The lowest BCUT2D eigenvalue weighted by Gasteiger charge is -2.26. The molecule has 0 bridgehead atoms. The average Bonchev–Trinajstić information content (AvgIpc) is 2.05. The van der Waals surface area contributed by atoms with Crippen molar-refractivity contribution in [2.75, 3.05) is 39.3 Å². The predicted octanol–water partition coefficient (Wildman–Crippen LogP) is -0.972. The molecule has 1 heterocycles. The fraction of sp³-hybridized carbons (Fsp3) is 0.875. The molecule has 0 aromatic rings. The van der Waals surface area contributed by atoms with Crippen molar-refractivity contribution in [3.8, 4) is 0 Å². The Labute approximate surface area is 73.3 Å². The van der Waals surface area contributed by atoms with E-state index in [2.05, 4.69) is 15.5 Å². The zero-order chi connectivity index (χ0) is 8.81. The van der Waals surface area contributed by atoms with E-state index in [9.17, 15) is 4.79 Å². The highest BCUT2D eigenvalue weighted by Gasteiger charge is 2.07.